The fraction of sp³-hybridized carbons (Fsp3) is 0.167. The van der Waals surface area contributed by atoms with E-state index in [1.807, 2.05) is 31.2 Å². The summed E-state index contributed by atoms with van der Waals surface area (Å²) in [6.07, 6.45) is 3.43. The minimum absolute atomic E-state index is 0.0417. The van der Waals surface area contributed by atoms with Crippen molar-refractivity contribution < 1.29 is 14.3 Å². The zero-order valence-electron chi connectivity index (χ0n) is 17.5. The van der Waals surface area contributed by atoms with Gasteiger partial charge in [-0.25, -0.2) is 4.98 Å². The second kappa shape index (κ2) is 8.65. The number of methoxy groups -OCH3 is 1. The number of amides is 1. The van der Waals surface area contributed by atoms with Crippen LogP contribution >= 0.6 is 11.3 Å². The molecule has 0 radical (unpaired) electrons. The quantitative estimate of drug-likeness (QED) is 0.399. The molecule has 31 heavy (non-hydrogen) atoms. The number of fused-ring (bicyclic) bond motifs is 1. The molecule has 0 spiro atoms. The molecule has 0 saturated heterocycles. The van der Waals surface area contributed by atoms with Gasteiger partial charge in [0.25, 0.3) is 5.91 Å². The van der Waals surface area contributed by atoms with E-state index in [-0.39, 0.29) is 11.7 Å². The molecule has 0 aliphatic rings. The number of anilines is 1. The Bertz CT molecular complexity index is 1250. The van der Waals surface area contributed by atoms with Crippen molar-refractivity contribution >= 4 is 38.4 Å². The number of aromatic nitrogens is 2. The van der Waals surface area contributed by atoms with Crippen molar-refractivity contribution in [1.82, 2.24) is 9.97 Å². The van der Waals surface area contributed by atoms with Gasteiger partial charge in [-0.15, -0.1) is 0 Å². The average molecular weight is 432 g/mol. The van der Waals surface area contributed by atoms with Crippen LogP contribution in [0.4, 0.5) is 5.13 Å². The maximum Gasteiger partial charge on any atom is 0.260 e. The van der Waals surface area contributed by atoms with Crippen molar-refractivity contribution in [2.75, 3.05) is 12.0 Å². The van der Waals surface area contributed by atoms with Gasteiger partial charge in [0.15, 0.2) is 10.9 Å². The highest BCUT2D eigenvalue weighted by Crippen LogP contribution is 2.37. The number of pyridine rings is 1. The van der Waals surface area contributed by atoms with Crippen LogP contribution < -0.4 is 9.64 Å². The lowest BCUT2D eigenvalue weighted by atomic mass is 10.1. The standard InChI is InChI=1S/C24H21N3O3S/c1-15-6-11-20(30-3)21-22(15)31-24(26-21)27(14-17-5-4-12-25-13-17)23(29)19-9-7-18(8-10-19)16(2)28/h4-13H,14H2,1-3H3. The molecule has 2 heterocycles. The van der Waals surface area contributed by atoms with E-state index in [1.54, 1.807) is 48.7 Å². The van der Waals surface area contributed by atoms with E-state index in [0.29, 0.717) is 28.6 Å². The van der Waals surface area contributed by atoms with E-state index in [2.05, 4.69) is 4.98 Å². The lowest BCUT2D eigenvalue weighted by Gasteiger charge is -2.20. The molecule has 4 rings (SSSR count). The number of rotatable bonds is 6. The number of thiazole rings is 1. The van der Waals surface area contributed by atoms with E-state index >= 15 is 0 Å². The predicted molar refractivity (Wildman–Crippen MR) is 122 cm³/mol. The summed E-state index contributed by atoms with van der Waals surface area (Å²) < 4.78 is 6.45. The molecule has 6 nitrogen and oxygen atoms in total. The van der Waals surface area contributed by atoms with Gasteiger partial charge in [-0.1, -0.05) is 35.6 Å². The van der Waals surface area contributed by atoms with Gasteiger partial charge in [-0.2, -0.15) is 0 Å². The van der Waals surface area contributed by atoms with Crippen LogP contribution in [0.2, 0.25) is 0 Å². The summed E-state index contributed by atoms with van der Waals surface area (Å²) in [6.45, 7) is 3.84. The van der Waals surface area contributed by atoms with E-state index in [4.69, 9.17) is 9.72 Å². The Hall–Kier alpha value is -3.58. The van der Waals surface area contributed by atoms with Crippen LogP contribution in [-0.2, 0) is 6.54 Å². The molecule has 0 unspecified atom stereocenters. The third-order valence-electron chi connectivity index (χ3n) is 4.99. The zero-order chi connectivity index (χ0) is 22.0. The number of nitrogens with zero attached hydrogens (tertiary/aromatic N) is 3. The maximum atomic E-state index is 13.5. The largest absolute Gasteiger partial charge is 0.494 e. The van der Waals surface area contributed by atoms with Gasteiger partial charge < -0.3 is 4.74 Å². The van der Waals surface area contributed by atoms with Gasteiger partial charge in [-0.05, 0) is 49.2 Å². The van der Waals surface area contributed by atoms with Crippen molar-refractivity contribution in [3.8, 4) is 5.75 Å². The minimum atomic E-state index is -0.199. The number of hydrogen-bond donors (Lipinski definition) is 0. The zero-order valence-corrected chi connectivity index (χ0v) is 18.3. The maximum absolute atomic E-state index is 13.5. The molecular formula is C24H21N3O3S. The summed E-state index contributed by atoms with van der Waals surface area (Å²) in [4.78, 5) is 35.7. The Morgan fingerprint density at radius 2 is 1.81 bits per heavy atom. The Labute approximate surface area is 184 Å². The second-order valence-electron chi connectivity index (χ2n) is 7.14. The fourth-order valence-electron chi connectivity index (χ4n) is 3.28. The third-order valence-corrected chi connectivity index (χ3v) is 6.20. The van der Waals surface area contributed by atoms with Crippen LogP contribution in [0.15, 0.2) is 60.9 Å². The van der Waals surface area contributed by atoms with Gasteiger partial charge in [0.1, 0.15) is 11.3 Å². The first kappa shape index (κ1) is 20.7. The summed E-state index contributed by atoms with van der Waals surface area (Å²) in [7, 11) is 1.61. The van der Waals surface area contributed by atoms with Crippen LogP contribution in [0.1, 0.15) is 38.8 Å². The van der Waals surface area contributed by atoms with Crippen molar-refractivity contribution in [1.29, 1.82) is 0 Å². The normalized spacial score (nSPS) is 10.8. The highest BCUT2D eigenvalue weighted by atomic mass is 32.1. The fourth-order valence-corrected chi connectivity index (χ4v) is 4.33. The molecule has 0 aliphatic heterocycles. The molecule has 2 aromatic heterocycles. The van der Waals surface area contributed by atoms with Crippen molar-refractivity contribution in [2.24, 2.45) is 0 Å². The first-order valence-electron chi connectivity index (χ1n) is 9.74. The molecular weight excluding hydrogens is 410 g/mol. The van der Waals surface area contributed by atoms with Crippen molar-refractivity contribution in [2.45, 2.75) is 20.4 Å². The van der Waals surface area contributed by atoms with Crippen LogP contribution in [0.3, 0.4) is 0 Å². The summed E-state index contributed by atoms with van der Waals surface area (Å²) in [5.74, 6) is 0.428. The molecule has 1 amide bonds. The van der Waals surface area contributed by atoms with Gasteiger partial charge >= 0.3 is 0 Å². The average Bonchev–Trinajstić information content (AvgIpc) is 3.24. The number of ether oxygens (including phenoxy) is 1. The molecule has 2 aromatic carbocycles. The number of carbonyl (C=O) groups is 2. The lowest BCUT2D eigenvalue weighted by Crippen LogP contribution is -2.30. The number of ketones is 1. The van der Waals surface area contributed by atoms with Gasteiger partial charge in [0.05, 0.1) is 18.4 Å². The highest BCUT2D eigenvalue weighted by Gasteiger charge is 2.23. The molecule has 0 N–H and O–H groups in total. The number of carbonyl (C=O) groups excluding carboxylic acids is 2. The molecule has 0 fully saturated rings. The number of Topliss-reactive ketones (excluding diaryl/α,β-unsaturated/α-hetero) is 1. The molecule has 0 bridgehead atoms. The Morgan fingerprint density at radius 3 is 2.45 bits per heavy atom. The third kappa shape index (κ3) is 4.18. The van der Waals surface area contributed by atoms with Gasteiger partial charge in [0, 0.05) is 23.5 Å². The smallest absolute Gasteiger partial charge is 0.260 e. The van der Waals surface area contributed by atoms with Crippen molar-refractivity contribution in [3.05, 3.63) is 83.2 Å². The number of hydrogen-bond acceptors (Lipinski definition) is 6. The monoisotopic (exact) mass is 431 g/mol. The van der Waals surface area contributed by atoms with Crippen LogP contribution in [0.25, 0.3) is 10.2 Å². The highest BCUT2D eigenvalue weighted by molar-refractivity contribution is 7.22. The summed E-state index contributed by atoms with van der Waals surface area (Å²) in [5, 5.41) is 0.576. The van der Waals surface area contributed by atoms with Crippen LogP contribution in [0.5, 0.6) is 5.75 Å². The number of aryl methyl sites for hydroxylation is 1. The SMILES string of the molecule is COc1ccc(C)c2sc(N(Cc3cccnc3)C(=O)c3ccc(C(C)=O)cc3)nc12. The van der Waals surface area contributed by atoms with Crippen molar-refractivity contribution in [3.63, 3.8) is 0 Å². The molecule has 7 heteroatoms. The topological polar surface area (TPSA) is 72.4 Å². The van der Waals surface area contributed by atoms with Gasteiger partial charge in [0.2, 0.25) is 0 Å². The Morgan fingerprint density at radius 1 is 1.06 bits per heavy atom. The number of benzene rings is 2. The molecule has 0 atom stereocenters. The van der Waals surface area contributed by atoms with Crippen LogP contribution in [-0.4, -0.2) is 28.8 Å². The summed E-state index contributed by atoms with van der Waals surface area (Å²) >= 11 is 1.45. The molecule has 4 aromatic rings. The summed E-state index contributed by atoms with van der Waals surface area (Å²) in [5.41, 5.74) is 3.74. The predicted octanol–water partition coefficient (Wildman–Crippen LogP) is 5.06. The van der Waals surface area contributed by atoms with Crippen LogP contribution in [0, 0.1) is 6.92 Å². The van der Waals surface area contributed by atoms with E-state index in [1.165, 1.54) is 18.3 Å². The molecule has 0 saturated carbocycles. The Balaban J connectivity index is 1.79. The lowest BCUT2D eigenvalue weighted by molar-refractivity contribution is 0.0981. The van der Waals surface area contributed by atoms with E-state index < -0.39 is 0 Å². The summed E-state index contributed by atoms with van der Waals surface area (Å²) in [6, 6.07) is 14.3. The Kier molecular flexibility index (Phi) is 5.77. The minimum Gasteiger partial charge on any atom is -0.494 e. The first-order chi connectivity index (χ1) is 15.0. The molecule has 0 aliphatic carbocycles. The molecule has 156 valence electrons. The second-order valence-corrected chi connectivity index (χ2v) is 8.12. The van der Waals surface area contributed by atoms with E-state index in [0.717, 1.165) is 21.3 Å². The van der Waals surface area contributed by atoms with Gasteiger partial charge in [-0.3, -0.25) is 19.5 Å². The first-order valence-corrected chi connectivity index (χ1v) is 10.6. The van der Waals surface area contributed by atoms with E-state index in [9.17, 15) is 9.59 Å².